The van der Waals surface area contributed by atoms with E-state index >= 15 is 0 Å². The summed E-state index contributed by atoms with van der Waals surface area (Å²) in [6.45, 7) is 2.03. The second-order valence-electron chi connectivity index (χ2n) is 4.11. The molecule has 0 amide bonds. The smallest absolute Gasteiger partial charge is 0.0702 e. The SMILES string of the molecule is CC1=CC(c2ccccn2)=CC=CC=CC=CN=C1. The maximum Gasteiger partial charge on any atom is 0.0702 e. The normalized spacial score (nSPS) is 15.4. The van der Waals surface area contributed by atoms with Crippen molar-refractivity contribution in [2.75, 3.05) is 0 Å². The number of nitrogens with zero attached hydrogens (tertiary/aromatic N) is 2. The van der Waals surface area contributed by atoms with Gasteiger partial charge in [-0.2, -0.15) is 0 Å². The molecule has 0 atom stereocenters. The van der Waals surface area contributed by atoms with Crippen LogP contribution in [0.2, 0.25) is 0 Å². The van der Waals surface area contributed by atoms with Crippen molar-refractivity contribution >= 4 is 11.8 Å². The molecule has 0 aromatic carbocycles. The van der Waals surface area contributed by atoms with E-state index in [4.69, 9.17) is 0 Å². The summed E-state index contributed by atoms with van der Waals surface area (Å²) in [6, 6.07) is 5.91. The Kier molecular flexibility index (Phi) is 4.82. The molecule has 2 rings (SSSR count). The van der Waals surface area contributed by atoms with E-state index in [0.717, 1.165) is 16.8 Å². The van der Waals surface area contributed by atoms with Gasteiger partial charge in [-0.15, -0.1) is 0 Å². The van der Waals surface area contributed by atoms with Gasteiger partial charge in [-0.05, 0) is 36.8 Å². The van der Waals surface area contributed by atoms with Crippen LogP contribution in [0.3, 0.4) is 0 Å². The van der Waals surface area contributed by atoms with Gasteiger partial charge in [-0.25, -0.2) is 0 Å². The lowest BCUT2D eigenvalue weighted by Gasteiger charge is -2.01. The molecule has 94 valence electrons. The van der Waals surface area contributed by atoms with Gasteiger partial charge in [0.1, 0.15) is 0 Å². The van der Waals surface area contributed by atoms with Crippen LogP contribution < -0.4 is 0 Å². The van der Waals surface area contributed by atoms with Crippen LogP contribution in [-0.2, 0) is 0 Å². The van der Waals surface area contributed by atoms with Crippen LogP contribution in [0.1, 0.15) is 12.6 Å². The van der Waals surface area contributed by atoms with Crippen LogP contribution in [-0.4, -0.2) is 11.2 Å². The van der Waals surface area contributed by atoms with Crippen molar-refractivity contribution < 1.29 is 0 Å². The number of hydrogen-bond acceptors (Lipinski definition) is 2. The Morgan fingerprint density at radius 1 is 0.947 bits per heavy atom. The van der Waals surface area contributed by atoms with Gasteiger partial charge in [-0.3, -0.25) is 9.98 Å². The van der Waals surface area contributed by atoms with Crippen LogP contribution in [0.4, 0.5) is 0 Å². The van der Waals surface area contributed by atoms with Gasteiger partial charge in [0.05, 0.1) is 5.69 Å². The molecule has 1 aliphatic rings. The lowest BCUT2D eigenvalue weighted by molar-refractivity contribution is 1.28. The third-order valence-electron chi connectivity index (χ3n) is 2.51. The van der Waals surface area contributed by atoms with Crippen molar-refractivity contribution in [3.8, 4) is 0 Å². The van der Waals surface area contributed by atoms with Gasteiger partial charge in [0.15, 0.2) is 0 Å². The molecule has 0 spiro atoms. The molecule has 2 nitrogen and oxygen atoms in total. The molecule has 2 heteroatoms. The van der Waals surface area contributed by atoms with E-state index < -0.39 is 0 Å². The van der Waals surface area contributed by atoms with Crippen LogP contribution >= 0.6 is 0 Å². The fourth-order valence-electron chi connectivity index (χ4n) is 1.64. The fraction of sp³-hybridized carbons (Fsp3) is 0.0588. The van der Waals surface area contributed by atoms with Crippen LogP contribution in [0.25, 0.3) is 5.57 Å². The summed E-state index contributed by atoms with van der Waals surface area (Å²) in [5.41, 5.74) is 3.11. The maximum absolute atomic E-state index is 4.38. The summed E-state index contributed by atoms with van der Waals surface area (Å²) in [6.07, 6.45) is 19.4. The molecule has 2 heterocycles. The van der Waals surface area contributed by atoms with Crippen LogP contribution in [0.15, 0.2) is 83.7 Å². The number of rotatable bonds is 1. The Hall–Kier alpha value is -2.48. The predicted molar refractivity (Wildman–Crippen MR) is 81.9 cm³/mol. The quantitative estimate of drug-likeness (QED) is 0.733. The van der Waals surface area contributed by atoms with Crippen molar-refractivity contribution in [2.45, 2.75) is 6.92 Å². The first kappa shape index (κ1) is 13.0. The highest BCUT2D eigenvalue weighted by Crippen LogP contribution is 2.15. The molecule has 19 heavy (non-hydrogen) atoms. The summed E-state index contributed by atoms with van der Waals surface area (Å²) in [7, 11) is 0. The first-order chi connectivity index (χ1) is 9.36. The first-order valence-electron chi connectivity index (χ1n) is 6.19. The fourth-order valence-corrected chi connectivity index (χ4v) is 1.64. The third kappa shape index (κ3) is 4.36. The number of aromatic nitrogens is 1. The third-order valence-corrected chi connectivity index (χ3v) is 2.51. The van der Waals surface area contributed by atoms with E-state index in [1.54, 1.807) is 12.4 Å². The van der Waals surface area contributed by atoms with Crippen molar-refractivity contribution in [3.05, 3.63) is 84.4 Å². The van der Waals surface area contributed by atoms with Crippen LogP contribution in [0.5, 0.6) is 0 Å². The number of aliphatic imine (C=N–C) groups is 1. The number of hydrogen-bond donors (Lipinski definition) is 0. The molecule has 0 bridgehead atoms. The Bertz CT molecular complexity index is 585. The summed E-state index contributed by atoms with van der Waals surface area (Å²) in [5.74, 6) is 0. The van der Waals surface area contributed by atoms with Crippen molar-refractivity contribution in [2.24, 2.45) is 4.99 Å². The van der Waals surface area contributed by atoms with Gasteiger partial charge in [0.2, 0.25) is 0 Å². The molecule has 0 saturated heterocycles. The molecular weight excluding hydrogens is 232 g/mol. The largest absolute Gasteiger partial charge is 0.264 e. The zero-order chi connectivity index (χ0) is 13.3. The molecule has 1 aromatic rings. The standard InChI is InChI=1S/C17H16N2/c1-15-13-16(17-10-6-8-12-19-17)9-5-3-2-4-7-11-18-14-15/h2-14H,1H3. The molecule has 0 saturated carbocycles. The van der Waals surface area contributed by atoms with Gasteiger partial charge in [0.25, 0.3) is 0 Å². The first-order valence-corrected chi connectivity index (χ1v) is 6.19. The molecule has 1 aromatic heterocycles. The average molecular weight is 248 g/mol. The molecule has 0 unspecified atom stereocenters. The van der Waals surface area contributed by atoms with E-state index in [2.05, 4.69) is 22.1 Å². The molecular formula is C17H16N2. The predicted octanol–water partition coefficient (Wildman–Crippen LogP) is 4.12. The average Bonchev–Trinajstić information content (AvgIpc) is 2.43. The highest BCUT2D eigenvalue weighted by atomic mass is 14.7. The minimum Gasteiger partial charge on any atom is -0.264 e. The topological polar surface area (TPSA) is 25.2 Å². The highest BCUT2D eigenvalue weighted by molar-refractivity contribution is 5.85. The monoisotopic (exact) mass is 248 g/mol. The van der Waals surface area contributed by atoms with Gasteiger partial charge in [-0.1, -0.05) is 36.4 Å². The maximum atomic E-state index is 4.38. The zero-order valence-corrected chi connectivity index (χ0v) is 10.9. The Morgan fingerprint density at radius 3 is 2.63 bits per heavy atom. The second kappa shape index (κ2) is 7.07. The number of pyridine rings is 1. The molecule has 0 fully saturated rings. The Morgan fingerprint density at radius 2 is 1.79 bits per heavy atom. The Labute approximate surface area is 113 Å². The van der Waals surface area contributed by atoms with Gasteiger partial charge in [0, 0.05) is 24.2 Å². The van der Waals surface area contributed by atoms with E-state index in [9.17, 15) is 0 Å². The lowest BCUT2D eigenvalue weighted by Crippen LogP contribution is -1.87. The van der Waals surface area contributed by atoms with E-state index in [-0.39, 0.29) is 0 Å². The van der Waals surface area contributed by atoms with Crippen LogP contribution in [0, 0.1) is 0 Å². The second-order valence-corrected chi connectivity index (χ2v) is 4.11. The highest BCUT2D eigenvalue weighted by Gasteiger charge is 1.98. The number of allylic oxidation sites excluding steroid dienone is 9. The zero-order valence-electron chi connectivity index (χ0n) is 10.9. The lowest BCUT2D eigenvalue weighted by atomic mass is 10.1. The van der Waals surface area contributed by atoms with Crippen molar-refractivity contribution in [1.82, 2.24) is 4.98 Å². The molecule has 1 aliphatic heterocycles. The molecule has 0 radical (unpaired) electrons. The summed E-state index contributed by atoms with van der Waals surface area (Å²) in [5, 5.41) is 0. The minimum absolute atomic E-state index is 0.955. The summed E-state index contributed by atoms with van der Waals surface area (Å²) < 4.78 is 0. The van der Waals surface area contributed by atoms with Gasteiger partial charge < -0.3 is 0 Å². The minimum atomic E-state index is 0.955. The molecule has 0 N–H and O–H groups in total. The van der Waals surface area contributed by atoms with Gasteiger partial charge >= 0.3 is 0 Å². The van der Waals surface area contributed by atoms with Crippen molar-refractivity contribution in [1.29, 1.82) is 0 Å². The summed E-state index contributed by atoms with van der Waals surface area (Å²) >= 11 is 0. The molecule has 0 aliphatic carbocycles. The van der Waals surface area contributed by atoms with Crippen molar-refractivity contribution in [3.63, 3.8) is 0 Å². The van der Waals surface area contributed by atoms with E-state index in [0.29, 0.717) is 0 Å². The van der Waals surface area contributed by atoms with E-state index in [1.165, 1.54) is 0 Å². The van der Waals surface area contributed by atoms with E-state index in [1.807, 2.05) is 61.7 Å². The summed E-state index contributed by atoms with van der Waals surface area (Å²) in [4.78, 5) is 8.60. The Balaban J connectivity index is 2.40.